The first-order valence-electron chi connectivity index (χ1n) is 5.11. The van der Waals surface area contributed by atoms with Crippen molar-refractivity contribution in [1.29, 1.82) is 0 Å². The molecule has 17 heavy (non-hydrogen) atoms. The van der Waals surface area contributed by atoms with Gasteiger partial charge in [-0.1, -0.05) is 18.2 Å². The molecule has 0 aliphatic heterocycles. The van der Waals surface area contributed by atoms with Crippen molar-refractivity contribution in [2.75, 3.05) is 13.7 Å². The second-order valence-electron chi connectivity index (χ2n) is 3.59. The molecule has 0 amide bonds. The minimum Gasteiger partial charge on any atom is -0.478 e. The average molecular weight is 248 g/mol. The Morgan fingerprint density at radius 3 is 2.94 bits per heavy atom. The fourth-order valence-corrected chi connectivity index (χ4v) is 2.71. The minimum absolute atomic E-state index is 0.299. The summed E-state index contributed by atoms with van der Waals surface area (Å²) < 4.78 is 6.20. The molecular formula is C13H12O3S. The van der Waals surface area contributed by atoms with Crippen LogP contribution in [0.3, 0.4) is 0 Å². The monoisotopic (exact) mass is 248 g/mol. The molecule has 0 aliphatic rings. The summed E-state index contributed by atoms with van der Waals surface area (Å²) in [4.78, 5) is 10.8. The van der Waals surface area contributed by atoms with Crippen LogP contribution in [-0.4, -0.2) is 24.8 Å². The van der Waals surface area contributed by atoms with Gasteiger partial charge in [0, 0.05) is 23.3 Å². The number of hydrogen-bond donors (Lipinski definition) is 1. The van der Waals surface area contributed by atoms with Gasteiger partial charge >= 0.3 is 5.97 Å². The molecule has 2 rings (SSSR count). The summed E-state index contributed by atoms with van der Waals surface area (Å²) in [5.74, 6) is -0.952. The Labute approximate surface area is 103 Å². The van der Waals surface area contributed by atoms with Crippen LogP contribution in [0.4, 0.5) is 0 Å². The van der Waals surface area contributed by atoms with Crippen molar-refractivity contribution in [2.45, 2.75) is 0 Å². The second kappa shape index (κ2) is 5.12. The molecule has 88 valence electrons. The summed E-state index contributed by atoms with van der Waals surface area (Å²) in [5.41, 5.74) is 1.63. The number of carbonyl (C=O) groups is 1. The van der Waals surface area contributed by atoms with Gasteiger partial charge in [-0.15, -0.1) is 11.3 Å². The molecule has 4 heteroatoms. The zero-order chi connectivity index (χ0) is 12.3. The number of carboxylic acid groups (broad SMARTS) is 1. The lowest BCUT2D eigenvalue weighted by Gasteiger charge is -2.04. The van der Waals surface area contributed by atoms with Gasteiger partial charge in [0.2, 0.25) is 0 Å². The molecule has 0 aliphatic carbocycles. The first-order chi connectivity index (χ1) is 8.22. The number of ether oxygens (including phenoxy) is 1. The number of rotatable bonds is 4. The summed E-state index contributed by atoms with van der Waals surface area (Å²) in [7, 11) is 1.56. The molecule has 0 bridgehead atoms. The van der Waals surface area contributed by atoms with Gasteiger partial charge < -0.3 is 9.84 Å². The quantitative estimate of drug-likeness (QED) is 0.846. The summed E-state index contributed by atoms with van der Waals surface area (Å²) >= 11 is 1.61. The van der Waals surface area contributed by atoms with E-state index in [9.17, 15) is 4.79 Å². The normalized spacial score (nSPS) is 11.9. The summed E-state index contributed by atoms with van der Waals surface area (Å²) in [6, 6.07) is 7.93. The standard InChI is InChI=1S/C13H12O3S/c1-16-7-9(6-13(14)15)11-8-17-12-5-3-2-4-10(11)12/h2-6,8H,7H2,1H3,(H,14,15)/b9-6+. The Morgan fingerprint density at radius 1 is 1.47 bits per heavy atom. The summed E-state index contributed by atoms with van der Waals surface area (Å²) in [6.07, 6.45) is 1.21. The minimum atomic E-state index is -0.952. The zero-order valence-corrected chi connectivity index (χ0v) is 10.2. The van der Waals surface area contributed by atoms with Crippen molar-refractivity contribution in [3.63, 3.8) is 0 Å². The Hall–Kier alpha value is -1.65. The van der Waals surface area contributed by atoms with Crippen molar-refractivity contribution < 1.29 is 14.6 Å². The maximum absolute atomic E-state index is 10.8. The highest BCUT2D eigenvalue weighted by atomic mass is 32.1. The van der Waals surface area contributed by atoms with Crippen LogP contribution in [0, 0.1) is 0 Å². The van der Waals surface area contributed by atoms with E-state index >= 15 is 0 Å². The van der Waals surface area contributed by atoms with Crippen molar-refractivity contribution in [1.82, 2.24) is 0 Å². The Bertz CT molecular complexity index is 569. The van der Waals surface area contributed by atoms with Gasteiger partial charge in [0.25, 0.3) is 0 Å². The number of aliphatic carboxylic acids is 1. The fraction of sp³-hybridized carbons (Fsp3) is 0.154. The van der Waals surface area contributed by atoms with Gasteiger partial charge in [-0.25, -0.2) is 4.79 Å². The average Bonchev–Trinajstić information content (AvgIpc) is 2.71. The van der Waals surface area contributed by atoms with Crippen LogP contribution in [0.5, 0.6) is 0 Å². The van der Waals surface area contributed by atoms with E-state index in [4.69, 9.17) is 9.84 Å². The lowest BCUT2D eigenvalue weighted by molar-refractivity contribution is -0.131. The van der Waals surface area contributed by atoms with E-state index in [1.54, 1.807) is 18.4 Å². The van der Waals surface area contributed by atoms with Gasteiger partial charge in [-0.2, -0.15) is 0 Å². The third-order valence-electron chi connectivity index (χ3n) is 2.42. The highest BCUT2D eigenvalue weighted by molar-refractivity contribution is 7.17. The maximum Gasteiger partial charge on any atom is 0.328 e. The van der Waals surface area contributed by atoms with E-state index in [-0.39, 0.29) is 0 Å². The SMILES string of the molecule is COC/C(=C\C(=O)O)c1csc2ccccc12. The van der Waals surface area contributed by atoms with Crippen molar-refractivity contribution in [3.8, 4) is 0 Å². The third-order valence-corrected chi connectivity index (χ3v) is 3.39. The lowest BCUT2D eigenvalue weighted by atomic mass is 10.1. The number of benzene rings is 1. The van der Waals surface area contributed by atoms with E-state index < -0.39 is 5.97 Å². The van der Waals surface area contributed by atoms with Crippen molar-refractivity contribution in [2.24, 2.45) is 0 Å². The van der Waals surface area contributed by atoms with E-state index in [1.807, 2.05) is 29.6 Å². The highest BCUT2D eigenvalue weighted by Crippen LogP contribution is 2.30. The largest absolute Gasteiger partial charge is 0.478 e. The van der Waals surface area contributed by atoms with Crippen LogP contribution >= 0.6 is 11.3 Å². The molecule has 0 spiro atoms. The molecule has 1 heterocycles. The molecule has 0 saturated carbocycles. The topological polar surface area (TPSA) is 46.5 Å². The molecule has 2 aromatic rings. The summed E-state index contributed by atoms with van der Waals surface area (Å²) in [6.45, 7) is 0.299. The van der Waals surface area contributed by atoms with Gasteiger partial charge in [-0.3, -0.25) is 0 Å². The molecule has 3 nitrogen and oxygen atoms in total. The van der Waals surface area contributed by atoms with E-state index in [0.717, 1.165) is 15.6 Å². The van der Waals surface area contributed by atoms with Gasteiger partial charge in [0.15, 0.2) is 0 Å². The molecule has 0 saturated heterocycles. The van der Waals surface area contributed by atoms with E-state index in [2.05, 4.69) is 0 Å². The molecule has 0 atom stereocenters. The number of carboxylic acids is 1. The predicted molar refractivity (Wildman–Crippen MR) is 69.3 cm³/mol. The Balaban J connectivity index is 2.52. The van der Waals surface area contributed by atoms with Gasteiger partial charge in [0.1, 0.15) is 0 Å². The smallest absolute Gasteiger partial charge is 0.328 e. The molecule has 0 radical (unpaired) electrons. The molecular weight excluding hydrogens is 236 g/mol. The predicted octanol–water partition coefficient (Wildman–Crippen LogP) is 3.02. The zero-order valence-electron chi connectivity index (χ0n) is 9.34. The highest BCUT2D eigenvalue weighted by Gasteiger charge is 2.09. The van der Waals surface area contributed by atoms with Crippen LogP contribution < -0.4 is 0 Å². The molecule has 1 aromatic carbocycles. The van der Waals surface area contributed by atoms with Crippen LogP contribution in [0.25, 0.3) is 15.7 Å². The Morgan fingerprint density at radius 2 is 2.24 bits per heavy atom. The summed E-state index contributed by atoms with van der Waals surface area (Å²) in [5, 5.41) is 11.9. The lowest BCUT2D eigenvalue weighted by Crippen LogP contribution is -1.98. The first kappa shape index (κ1) is 11.8. The van der Waals surface area contributed by atoms with Crippen molar-refractivity contribution in [3.05, 3.63) is 41.3 Å². The van der Waals surface area contributed by atoms with Crippen LogP contribution in [-0.2, 0) is 9.53 Å². The second-order valence-corrected chi connectivity index (χ2v) is 4.50. The number of fused-ring (bicyclic) bond motifs is 1. The van der Waals surface area contributed by atoms with Gasteiger partial charge in [0.05, 0.1) is 6.61 Å². The molecule has 1 aromatic heterocycles. The maximum atomic E-state index is 10.8. The van der Waals surface area contributed by atoms with Crippen LogP contribution in [0.15, 0.2) is 35.7 Å². The van der Waals surface area contributed by atoms with Crippen LogP contribution in [0.1, 0.15) is 5.56 Å². The third kappa shape index (κ3) is 2.54. The van der Waals surface area contributed by atoms with E-state index in [1.165, 1.54) is 6.08 Å². The first-order valence-corrected chi connectivity index (χ1v) is 5.99. The molecule has 1 N–H and O–H groups in total. The fourth-order valence-electron chi connectivity index (χ4n) is 1.73. The Kier molecular flexibility index (Phi) is 3.56. The van der Waals surface area contributed by atoms with Gasteiger partial charge in [-0.05, 0) is 22.6 Å². The molecule has 0 fully saturated rings. The number of hydrogen-bond acceptors (Lipinski definition) is 3. The number of thiophene rings is 1. The number of methoxy groups -OCH3 is 1. The molecule has 0 unspecified atom stereocenters. The van der Waals surface area contributed by atoms with Crippen molar-refractivity contribution >= 4 is 33.0 Å². The van der Waals surface area contributed by atoms with Crippen LogP contribution in [0.2, 0.25) is 0 Å². The van der Waals surface area contributed by atoms with E-state index in [0.29, 0.717) is 12.2 Å².